The maximum atomic E-state index is 12.4. The van der Waals surface area contributed by atoms with E-state index in [2.05, 4.69) is 21.3 Å². The molecule has 4 amide bonds. The molecule has 0 saturated heterocycles. The number of carbonyl (C=O) groups is 4. The molecule has 5 N–H and O–H groups in total. The molecule has 3 rings (SSSR count). The number of unbranched alkanes of at least 4 members (excludes halogenated alkanes) is 1. The number of carbonyl (C=O) groups excluding carboxylic acids is 3. The van der Waals surface area contributed by atoms with Crippen LogP contribution in [0.15, 0.2) is 78.9 Å². The summed E-state index contributed by atoms with van der Waals surface area (Å²) in [6, 6.07) is 22.8. The fourth-order valence-corrected chi connectivity index (χ4v) is 4.02. The van der Waals surface area contributed by atoms with Crippen molar-refractivity contribution in [3.05, 3.63) is 89.4 Å². The van der Waals surface area contributed by atoms with Gasteiger partial charge >= 0.3 is 12.0 Å². The first-order chi connectivity index (χ1) is 18.8. The van der Waals surface area contributed by atoms with Crippen molar-refractivity contribution in [1.82, 2.24) is 16.0 Å². The lowest BCUT2D eigenvalue weighted by Gasteiger charge is -2.18. The van der Waals surface area contributed by atoms with Gasteiger partial charge in [-0.15, -0.1) is 0 Å². The topological polar surface area (TPSA) is 137 Å². The summed E-state index contributed by atoms with van der Waals surface area (Å²) in [5.41, 5.74) is 3.24. The molecule has 3 aromatic rings. The molecule has 1 unspecified atom stereocenters. The van der Waals surface area contributed by atoms with Crippen molar-refractivity contribution in [3.63, 3.8) is 0 Å². The van der Waals surface area contributed by atoms with Gasteiger partial charge in [0.05, 0.1) is 19.0 Å². The Morgan fingerprint density at radius 1 is 0.795 bits per heavy atom. The van der Waals surface area contributed by atoms with Crippen LogP contribution in [0.5, 0.6) is 0 Å². The number of hydrogen-bond acceptors (Lipinski definition) is 4. The van der Waals surface area contributed by atoms with Crippen LogP contribution >= 0.6 is 11.6 Å². The summed E-state index contributed by atoms with van der Waals surface area (Å²) < 4.78 is 0. The molecular weight excluding hydrogens is 520 g/mol. The molecule has 0 aliphatic heterocycles. The zero-order valence-corrected chi connectivity index (χ0v) is 22.0. The molecule has 0 spiro atoms. The quantitative estimate of drug-likeness (QED) is 0.196. The van der Waals surface area contributed by atoms with E-state index in [1.165, 1.54) is 0 Å². The summed E-state index contributed by atoms with van der Waals surface area (Å²) in [6.45, 7) is 0.109. The average molecular weight is 551 g/mol. The summed E-state index contributed by atoms with van der Waals surface area (Å²) in [5.74, 6) is -1.84. The number of carboxylic acids is 1. The van der Waals surface area contributed by atoms with Crippen molar-refractivity contribution >= 4 is 41.1 Å². The highest BCUT2D eigenvalue weighted by Crippen LogP contribution is 2.23. The molecule has 3 aromatic carbocycles. The zero-order valence-electron chi connectivity index (χ0n) is 21.3. The molecule has 0 aliphatic carbocycles. The number of urea groups is 1. The Balaban J connectivity index is 1.37. The average Bonchev–Trinajstić information content (AvgIpc) is 2.92. The van der Waals surface area contributed by atoms with Gasteiger partial charge in [0.1, 0.15) is 0 Å². The lowest BCUT2D eigenvalue weighted by Crippen LogP contribution is -2.39. The molecule has 9 nitrogen and oxygen atoms in total. The van der Waals surface area contributed by atoms with Crippen molar-refractivity contribution in [3.8, 4) is 11.1 Å². The van der Waals surface area contributed by atoms with Gasteiger partial charge in [0.25, 0.3) is 0 Å². The van der Waals surface area contributed by atoms with Crippen molar-refractivity contribution in [2.75, 3.05) is 18.4 Å². The smallest absolute Gasteiger partial charge is 0.319 e. The summed E-state index contributed by atoms with van der Waals surface area (Å²) in [6.07, 6.45) is 0.981. The minimum absolute atomic E-state index is 0.185. The van der Waals surface area contributed by atoms with Gasteiger partial charge < -0.3 is 26.4 Å². The van der Waals surface area contributed by atoms with E-state index >= 15 is 0 Å². The lowest BCUT2D eigenvalue weighted by molar-refractivity contribution is -0.138. The number of aliphatic carboxylic acids is 1. The molecule has 204 valence electrons. The Morgan fingerprint density at radius 2 is 1.51 bits per heavy atom. The third-order valence-electron chi connectivity index (χ3n) is 5.78. The van der Waals surface area contributed by atoms with E-state index in [-0.39, 0.29) is 31.3 Å². The first-order valence-electron chi connectivity index (χ1n) is 12.5. The number of hydrogen-bond donors (Lipinski definition) is 5. The molecule has 0 fully saturated rings. The predicted octanol–water partition coefficient (Wildman–Crippen LogP) is 4.75. The van der Waals surface area contributed by atoms with Gasteiger partial charge in [-0.1, -0.05) is 72.3 Å². The van der Waals surface area contributed by atoms with Crippen molar-refractivity contribution < 1.29 is 24.3 Å². The molecule has 1 atom stereocenters. The second-order valence-corrected chi connectivity index (χ2v) is 9.27. The molecule has 0 aliphatic rings. The van der Waals surface area contributed by atoms with E-state index < -0.39 is 17.9 Å². The standard InChI is InChI=1S/C29H31ClN4O5/c30-23-9-6-10-24(17-23)33-29(39)31-16-5-4-11-26(35)32-19-27(36)34-25(18-28(37)38)22-14-12-21(13-15-22)20-7-2-1-3-8-20/h1-3,6-10,12-15,17,25H,4-5,11,16,18-19H2,(H,32,35)(H,34,36)(H,37,38)(H2,31,33,39). The fourth-order valence-electron chi connectivity index (χ4n) is 3.83. The summed E-state index contributed by atoms with van der Waals surface area (Å²) in [7, 11) is 0. The fraction of sp³-hybridized carbons (Fsp3) is 0.241. The Kier molecular flexibility index (Phi) is 11.3. The van der Waals surface area contributed by atoms with E-state index in [1.807, 2.05) is 42.5 Å². The van der Waals surface area contributed by atoms with Gasteiger partial charge in [-0.2, -0.15) is 0 Å². The summed E-state index contributed by atoms with van der Waals surface area (Å²) in [5, 5.41) is 20.4. The predicted molar refractivity (Wildman–Crippen MR) is 150 cm³/mol. The van der Waals surface area contributed by atoms with Gasteiger partial charge in [0.15, 0.2) is 0 Å². The van der Waals surface area contributed by atoms with Crippen LogP contribution in [-0.4, -0.2) is 42.0 Å². The number of anilines is 1. The maximum absolute atomic E-state index is 12.4. The molecule has 10 heteroatoms. The van der Waals surface area contributed by atoms with Gasteiger partial charge in [-0.3, -0.25) is 14.4 Å². The number of rotatable bonds is 13. The van der Waals surface area contributed by atoms with Gasteiger partial charge in [-0.05, 0) is 47.7 Å². The van der Waals surface area contributed by atoms with Crippen molar-refractivity contribution in [1.29, 1.82) is 0 Å². The van der Waals surface area contributed by atoms with E-state index in [4.69, 9.17) is 11.6 Å². The highest BCUT2D eigenvalue weighted by Gasteiger charge is 2.18. The SMILES string of the molecule is O=C(O)CC(NC(=O)CNC(=O)CCCCNC(=O)Nc1cccc(Cl)c1)c1ccc(-c2ccccc2)cc1. The first kappa shape index (κ1) is 29.2. The van der Waals surface area contributed by atoms with Crippen LogP contribution in [0.4, 0.5) is 10.5 Å². The van der Waals surface area contributed by atoms with Gasteiger partial charge in [0.2, 0.25) is 11.8 Å². The van der Waals surface area contributed by atoms with Gasteiger partial charge in [0, 0.05) is 23.7 Å². The van der Waals surface area contributed by atoms with E-state index in [1.54, 1.807) is 36.4 Å². The molecule has 39 heavy (non-hydrogen) atoms. The Hall–Kier alpha value is -4.37. The van der Waals surface area contributed by atoms with Crippen LogP contribution in [0.1, 0.15) is 37.3 Å². The number of carboxylic acid groups (broad SMARTS) is 1. The molecule has 0 heterocycles. The van der Waals surface area contributed by atoms with Crippen LogP contribution < -0.4 is 21.3 Å². The lowest BCUT2D eigenvalue weighted by atomic mass is 9.99. The van der Waals surface area contributed by atoms with Crippen LogP contribution in [0.3, 0.4) is 0 Å². The van der Waals surface area contributed by atoms with Crippen LogP contribution in [0, 0.1) is 0 Å². The third kappa shape index (κ3) is 10.5. The van der Waals surface area contributed by atoms with Crippen LogP contribution in [0.2, 0.25) is 5.02 Å². The molecule has 0 saturated carbocycles. The normalized spacial score (nSPS) is 11.2. The maximum Gasteiger partial charge on any atom is 0.319 e. The number of halogens is 1. The van der Waals surface area contributed by atoms with Crippen LogP contribution in [-0.2, 0) is 14.4 Å². The molecular formula is C29H31ClN4O5. The Morgan fingerprint density at radius 3 is 2.21 bits per heavy atom. The van der Waals surface area contributed by atoms with Crippen LogP contribution in [0.25, 0.3) is 11.1 Å². The number of benzene rings is 3. The highest BCUT2D eigenvalue weighted by molar-refractivity contribution is 6.30. The minimum Gasteiger partial charge on any atom is -0.481 e. The summed E-state index contributed by atoms with van der Waals surface area (Å²) >= 11 is 5.89. The number of amides is 4. The molecule has 0 bridgehead atoms. The number of nitrogens with one attached hydrogen (secondary N) is 4. The largest absolute Gasteiger partial charge is 0.481 e. The van der Waals surface area contributed by atoms with Crippen molar-refractivity contribution in [2.45, 2.75) is 31.7 Å². The second kappa shape index (κ2) is 15.1. The summed E-state index contributed by atoms with van der Waals surface area (Å²) in [4.78, 5) is 47.9. The second-order valence-electron chi connectivity index (χ2n) is 8.83. The highest BCUT2D eigenvalue weighted by atomic mass is 35.5. The van der Waals surface area contributed by atoms with E-state index in [9.17, 15) is 24.3 Å². The third-order valence-corrected chi connectivity index (χ3v) is 6.01. The monoisotopic (exact) mass is 550 g/mol. The van der Waals surface area contributed by atoms with Gasteiger partial charge in [-0.25, -0.2) is 4.79 Å². The van der Waals surface area contributed by atoms with E-state index in [0.717, 1.165) is 11.1 Å². The minimum atomic E-state index is -1.05. The Labute approximate surface area is 232 Å². The molecule has 0 radical (unpaired) electrons. The molecule has 0 aromatic heterocycles. The van der Waals surface area contributed by atoms with Crippen molar-refractivity contribution in [2.24, 2.45) is 0 Å². The van der Waals surface area contributed by atoms with E-state index in [0.29, 0.717) is 35.7 Å². The Bertz CT molecular complexity index is 1270. The first-order valence-corrected chi connectivity index (χ1v) is 12.9. The zero-order chi connectivity index (χ0) is 28.0.